The molecule has 1 aliphatic carbocycles. The molecular weight excluding hydrogens is 440 g/mol. The fourth-order valence-corrected chi connectivity index (χ4v) is 4.85. The molecule has 1 aliphatic rings. The Hall–Kier alpha value is -4.21. The molecule has 0 N–H and O–H groups in total. The third kappa shape index (κ3) is 4.54. The minimum Gasteiger partial charge on any atom is -0.493 e. The Kier molecular flexibility index (Phi) is 6.34. The molecule has 4 rings (SSSR count). The van der Waals surface area contributed by atoms with Gasteiger partial charge in [0.2, 0.25) is 0 Å². The van der Waals surface area contributed by atoms with E-state index in [-0.39, 0.29) is 17.0 Å². The fraction of sp³-hybridized carbons (Fsp3) is 0.208. The number of nitro benzene ring substituents is 1. The molecule has 0 radical (unpaired) electrons. The summed E-state index contributed by atoms with van der Waals surface area (Å²) in [6.07, 6.45) is 5.84. The first-order chi connectivity index (χ1) is 16.0. The predicted octanol–water partition coefficient (Wildman–Crippen LogP) is 5.83. The van der Waals surface area contributed by atoms with Crippen LogP contribution in [0.3, 0.4) is 0 Å². The average Bonchev–Trinajstić information content (AvgIpc) is 3.20. The van der Waals surface area contributed by atoms with Crippen molar-refractivity contribution in [1.29, 1.82) is 10.5 Å². The highest BCUT2D eigenvalue weighted by Crippen LogP contribution is 2.39. The van der Waals surface area contributed by atoms with Crippen LogP contribution in [0.4, 0.5) is 10.7 Å². The highest BCUT2D eigenvalue weighted by molar-refractivity contribution is 7.16. The van der Waals surface area contributed by atoms with E-state index in [1.807, 2.05) is 6.07 Å². The third-order valence-electron chi connectivity index (χ3n) is 5.30. The first kappa shape index (κ1) is 22.0. The van der Waals surface area contributed by atoms with Crippen molar-refractivity contribution >= 4 is 28.2 Å². The van der Waals surface area contributed by atoms with Gasteiger partial charge >= 0.3 is 0 Å². The average molecular weight is 458 g/mol. The smallest absolute Gasteiger partial charge is 0.271 e. The SMILES string of the molecule is COc1cc(C=Nc2sc3c(c2C#N)CCCC3)ccc1Oc1ccc([N+](=O)[O-])cc1C#N. The lowest BCUT2D eigenvalue weighted by Crippen LogP contribution is -1.99. The lowest BCUT2D eigenvalue weighted by Gasteiger charge is -2.12. The molecule has 3 aromatic rings. The first-order valence-electron chi connectivity index (χ1n) is 10.2. The van der Waals surface area contributed by atoms with Gasteiger partial charge in [-0.3, -0.25) is 10.1 Å². The number of rotatable bonds is 6. The van der Waals surface area contributed by atoms with Crippen molar-refractivity contribution in [3.63, 3.8) is 0 Å². The number of hydrogen-bond acceptors (Lipinski definition) is 8. The van der Waals surface area contributed by atoms with E-state index in [4.69, 9.17) is 9.47 Å². The molecule has 0 bridgehead atoms. The predicted molar refractivity (Wildman–Crippen MR) is 124 cm³/mol. The topological polar surface area (TPSA) is 122 Å². The highest BCUT2D eigenvalue weighted by Gasteiger charge is 2.20. The van der Waals surface area contributed by atoms with Crippen molar-refractivity contribution in [3.05, 3.63) is 73.6 Å². The van der Waals surface area contributed by atoms with E-state index in [2.05, 4.69) is 11.1 Å². The number of ether oxygens (including phenoxy) is 2. The molecule has 0 fully saturated rings. The van der Waals surface area contributed by atoms with Crippen LogP contribution in [0.1, 0.15) is 40.0 Å². The molecule has 0 saturated carbocycles. The summed E-state index contributed by atoms with van der Waals surface area (Å²) >= 11 is 1.57. The van der Waals surface area contributed by atoms with Crippen LogP contribution in [0, 0.1) is 32.8 Å². The second kappa shape index (κ2) is 9.51. The van der Waals surface area contributed by atoms with Crippen LogP contribution in [0.2, 0.25) is 0 Å². The largest absolute Gasteiger partial charge is 0.493 e. The Morgan fingerprint density at radius 3 is 2.61 bits per heavy atom. The number of thiophene rings is 1. The summed E-state index contributed by atoms with van der Waals surface area (Å²) in [5.74, 6) is 0.946. The maximum Gasteiger partial charge on any atom is 0.271 e. The number of nitrogens with zero attached hydrogens (tertiary/aromatic N) is 4. The molecule has 0 unspecified atom stereocenters. The number of nitriles is 2. The molecule has 0 spiro atoms. The van der Waals surface area contributed by atoms with Crippen molar-refractivity contribution < 1.29 is 14.4 Å². The Bertz CT molecular complexity index is 1350. The van der Waals surface area contributed by atoms with Crippen LogP contribution in [0.25, 0.3) is 0 Å². The summed E-state index contributed by atoms with van der Waals surface area (Å²) in [7, 11) is 1.49. The Morgan fingerprint density at radius 1 is 1.09 bits per heavy atom. The second-order valence-electron chi connectivity index (χ2n) is 7.32. The van der Waals surface area contributed by atoms with Gasteiger partial charge in [0.15, 0.2) is 11.5 Å². The van der Waals surface area contributed by atoms with Gasteiger partial charge in [-0.1, -0.05) is 0 Å². The van der Waals surface area contributed by atoms with Gasteiger partial charge < -0.3 is 9.47 Å². The molecule has 0 aliphatic heterocycles. The van der Waals surface area contributed by atoms with Crippen molar-refractivity contribution in [2.75, 3.05) is 7.11 Å². The number of non-ortho nitro benzene ring substituents is 1. The molecule has 0 saturated heterocycles. The van der Waals surface area contributed by atoms with E-state index in [0.29, 0.717) is 22.1 Å². The number of aryl methyl sites for hydroxylation is 1. The van der Waals surface area contributed by atoms with Crippen LogP contribution >= 0.6 is 11.3 Å². The summed E-state index contributed by atoms with van der Waals surface area (Å²) in [6, 6.07) is 13.2. The summed E-state index contributed by atoms with van der Waals surface area (Å²) < 4.78 is 11.2. The number of benzene rings is 2. The van der Waals surface area contributed by atoms with Gasteiger partial charge in [-0.05, 0) is 61.1 Å². The molecule has 9 heteroatoms. The lowest BCUT2D eigenvalue weighted by molar-refractivity contribution is -0.384. The van der Waals surface area contributed by atoms with Gasteiger partial charge in [0.05, 0.1) is 17.6 Å². The van der Waals surface area contributed by atoms with Gasteiger partial charge in [-0.15, -0.1) is 11.3 Å². The van der Waals surface area contributed by atoms with Crippen LogP contribution in [0.5, 0.6) is 17.2 Å². The number of fused-ring (bicyclic) bond motifs is 1. The zero-order valence-electron chi connectivity index (χ0n) is 17.7. The van der Waals surface area contributed by atoms with Crippen LogP contribution in [-0.4, -0.2) is 18.2 Å². The number of nitro groups is 1. The minimum absolute atomic E-state index is 0.0441. The van der Waals surface area contributed by atoms with Crippen LogP contribution < -0.4 is 9.47 Å². The molecule has 2 aromatic carbocycles. The quantitative estimate of drug-likeness (QED) is 0.260. The molecule has 1 heterocycles. The molecule has 1 aromatic heterocycles. The van der Waals surface area contributed by atoms with Gasteiger partial charge in [0, 0.05) is 23.2 Å². The van der Waals surface area contributed by atoms with Crippen molar-refractivity contribution in [1.82, 2.24) is 0 Å². The summed E-state index contributed by atoms with van der Waals surface area (Å²) in [5.41, 5.74) is 2.41. The van der Waals surface area contributed by atoms with E-state index in [1.165, 1.54) is 24.1 Å². The number of aliphatic imine (C=N–C) groups is 1. The van der Waals surface area contributed by atoms with E-state index in [1.54, 1.807) is 35.8 Å². The fourth-order valence-electron chi connectivity index (χ4n) is 3.67. The van der Waals surface area contributed by atoms with Crippen molar-refractivity contribution in [2.24, 2.45) is 4.99 Å². The lowest BCUT2D eigenvalue weighted by atomic mass is 9.96. The van der Waals surface area contributed by atoms with Crippen molar-refractivity contribution in [2.45, 2.75) is 25.7 Å². The second-order valence-corrected chi connectivity index (χ2v) is 8.41. The van der Waals surface area contributed by atoms with Gasteiger partial charge in [0.25, 0.3) is 5.69 Å². The molecule has 0 amide bonds. The zero-order chi connectivity index (χ0) is 23.4. The summed E-state index contributed by atoms with van der Waals surface area (Å²) in [4.78, 5) is 16.2. The molecule has 33 heavy (non-hydrogen) atoms. The first-order valence-corrected chi connectivity index (χ1v) is 11.0. The molecule has 8 nitrogen and oxygen atoms in total. The third-order valence-corrected chi connectivity index (χ3v) is 6.50. The Balaban J connectivity index is 1.60. The van der Waals surface area contributed by atoms with Crippen LogP contribution in [0.15, 0.2) is 41.4 Å². The number of hydrogen-bond donors (Lipinski definition) is 0. The minimum atomic E-state index is -0.568. The zero-order valence-corrected chi connectivity index (χ0v) is 18.5. The van der Waals surface area contributed by atoms with Gasteiger partial charge in [-0.25, -0.2) is 4.99 Å². The Labute approximate surface area is 194 Å². The van der Waals surface area contributed by atoms with E-state index in [9.17, 15) is 20.6 Å². The summed E-state index contributed by atoms with van der Waals surface area (Å²) in [6.45, 7) is 0. The molecule has 164 valence electrons. The van der Waals surface area contributed by atoms with Gasteiger partial charge in [-0.2, -0.15) is 10.5 Å². The summed E-state index contributed by atoms with van der Waals surface area (Å²) in [5, 5.41) is 30.6. The maximum absolute atomic E-state index is 10.9. The van der Waals surface area contributed by atoms with E-state index in [0.717, 1.165) is 42.9 Å². The van der Waals surface area contributed by atoms with Gasteiger partial charge in [0.1, 0.15) is 28.5 Å². The van der Waals surface area contributed by atoms with Crippen LogP contribution in [-0.2, 0) is 12.8 Å². The van der Waals surface area contributed by atoms with E-state index < -0.39 is 4.92 Å². The maximum atomic E-state index is 10.9. The normalized spacial score (nSPS) is 12.6. The molecule has 0 atom stereocenters. The van der Waals surface area contributed by atoms with Crippen molar-refractivity contribution in [3.8, 4) is 29.4 Å². The Morgan fingerprint density at radius 2 is 1.88 bits per heavy atom. The number of methoxy groups -OCH3 is 1. The highest BCUT2D eigenvalue weighted by atomic mass is 32.1. The standard InChI is InChI=1S/C24H18N4O4S/c1-31-22-10-15(14-27-24-19(13-26)18-4-2-3-5-23(18)33-24)6-8-21(22)32-20-9-7-17(28(29)30)11-16(20)12-25/h6-11,14H,2-5H2,1H3. The molecular formula is C24H18N4O4S. The monoisotopic (exact) mass is 458 g/mol. The van der Waals surface area contributed by atoms with E-state index >= 15 is 0 Å².